The van der Waals surface area contributed by atoms with Crippen LogP contribution in [0.2, 0.25) is 0 Å². The summed E-state index contributed by atoms with van der Waals surface area (Å²) in [4.78, 5) is 68.3. The minimum Gasteiger partial charge on any atom is -0.367 e. The number of likely N-dealkylation sites (N-methyl/N-ethyl adjacent to an activating group) is 1. The van der Waals surface area contributed by atoms with Gasteiger partial charge in [-0.05, 0) is 84.2 Å². The van der Waals surface area contributed by atoms with E-state index >= 15 is 0 Å². The van der Waals surface area contributed by atoms with Crippen LogP contribution in [0.4, 0.5) is 40.9 Å². The Kier molecular flexibility index (Phi) is 15.7. The third kappa shape index (κ3) is 10.9. The van der Waals surface area contributed by atoms with Crippen LogP contribution in [-0.2, 0) is 16.1 Å². The number of hydrogen-bond donors (Lipinski definition) is 4. The molecule has 6 fully saturated rings. The van der Waals surface area contributed by atoms with Crippen molar-refractivity contribution in [2.45, 2.75) is 154 Å². The Morgan fingerprint density at radius 3 is 1.59 bits per heavy atom. The van der Waals surface area contributed by atoms with Gasteiger partial charge in [-0.25, -0.2) is 19.9 Å². The molecule has 6 aliphatic heterocycles. The summed E-state index contributed by atoms with van der Waals surface area (Å²) < 4.78 is 0. The maximum Gasteiger partial charge on any atom is 0.246 e. The second-order valence-corrected chi connectivity index (χ2v) is 22.2. The fraction of sp³-hybridized carbons (Fsp3) is 0.579. The van der Waals surface area contributed by atoms with Crippen LogP contribution in [0.25, 0.3) is 12.2 Å². The number of nitrogens with zero attached hydrogens (tertiary/aromatic N) is 12. The smallest absolute Gasteiger partial charge is 0.246 e. The number of nitrogens with one attached hydrogen (secondary N) is 4. The lowest BCUT2D eigenvalue weighted by molar-refractivity contribution is -0.124. The molecular weight excluding hydrogens is 941 g/mol. The van der Waals surface area contributed by atoms with E-state index in [1.165, 1.54) is 44.1 Å². The molecule has 8 aliphatic rings. The van der Waals surface area contributed by atoms with Crippen LogP contribution in [0.3, 0.4) is 0 Å². The summed E-state index contributed by atoms with van der Waals surface area (Å²) in [6.07, 6.45) is 27.0. The zero-order valence-corrected chi connectivity index (χ0v) is 45.4. The molecule has 4 aromatic rings. The number of fused-ring (bicyclic) bond motifs is 8. The van der Waals surface area contributed by atoms with Crippen LogP contribution >= 0.6 is 0 Å². The molecule has 75 heavy (non-hydrogen) atoms. The molecule has 0 radical (unpaired) electrons. The Morgan fingerprint density at radius 1 is 0.640 bits per heavy atom. The zero-order valence-electron chi connectivity index (χ0n) is 45.4. The van der Waals surface area contributed by atoms with Gasteiger partial charge in [-0.3, -0.25) is 24.3 Å². The normalized spacial score (nSPS) is 24.9. The molecule has 400 valence electrons. The SMILES string of the molecule is CC.CC(C)N1CCN(Cc2ccc(Nc3ncc4c(n3)N3C(C=C4)C(=O)NCC34CCCCC4)nc2)CC1.C[C@@H]1CN(c2ccc(Nc3ncc4c(n3)N3C(C=C4)C(=O)NCC34CCCCC4)nc2)C[C@H](C)N1C. The van der Waals surface area contributed by atoms with E-state index in [4.69, 9.17) is 9.97 Å². The molecule has 2 spiro atoms. The molecule has 2 aliphatic carbocycles. The Bertz CT molecular complexity index is 2660. The van der Waals surface area contributed by atoms with Crippen LogP contribution in [0.1, 0.15) is 122 Å². The third-order valence-corrected chi connectivity index (χ3v) is 17.2. The Balaban J connectivity index is 0.000000166. The molecule has 4 atom stereocenters. The fourth-order valence-corrected chi connectivity index (χ4v) is 12.7. The van der Waals surface area contributed by atoms with E-state index in [2.05, 4.69) is 117 Å². The number of rotatable bonds is 8. The van der Waals surface area contributed by atoms with E-state index in [0.29, 0.717) is 48.9 Å². The molecule has 12 rings (SSSR count). The Hall–Kier alpha value is -6.24. The Morgan fingerprint density at radius 2 is 1.13 bits per heavy atom. The van der Waals surface area contributed by atoms with Crippen LogP contribution in [0.5, 0.6) is 0 Å². The van der Waals surface area contributed by atoms with Crippen LogP contribution in [-0.4, -0.2) is 157 Å². The van der Waals surface area contributed by atoms with Gasteiger partial charge in [0.15, 0.2) is 0 Å². The lowest BCUT2D eigenvalue weighted by atomic mass is 9.77. The van der Waals surface area contributed by atoms with E-state index in [1.807, 2.05) is 75.1 Å². The summed E-state index contributed by atoms with van der Waals surface area (Å²) >= 11 is 0. The highest BCUT2D eigenvalue weighted by Crippen LogP contribution is 2.45. The molecule has 2 unspecified atom stereocenters. The average molecular weight is 1020 g/mol. The quantitative estimate of drug-likeness (QED) is 0.137. The highest BCUT2D eigenvalue weighted by Gasteiger charge is 2.50. The maximum absolute atomic E-state index is 12.8. The van der Waals surface area contributed by atoms with Gasteiger partial charge < -0.3 is 36.0 Å². The summed E-state index contributed by atoms with van der Waals surface area (Å²) in [6.45, 7) is 21.7. The molecule has 4 saturated heterocycles. The maximum atomic E-state index is 12.8. The molecular formula is C57H80N16O2. The van der Waals surface area contributed by atoms with Gasteiger partial charge in [-0.15, -0.1) is 0 Å². The number of aromatic nitrogens is 6. The molecule has 4 aromatic heterocycles. The van der Waals surface area contributed by atoms with Crippen molar-refractivity contribution in [3.8, 4) is 0 Å². The number of carbonyl (C=O) groups excluding carboxylic acids is 2. The van der Waals surface area contributed by atoms with E-state index in [0.717, 1.165) is 106 Å². The molecule has 18 heteroatoms. The summed E-state index contributed by atoms with van der Waals surface area (Å²) in [5, 5.41) is 12.9. The van der Waals surface area contributed by atoms with Crippen LogP contribution in [0, 0.1) is 0 Å². The highest BCUT2D eigenvalue weighted by molar-refractivity contribution is 5.94. The zero-order chi connectivity index (χ0) is 52.3. The van der Waals surface area contributed by atoms with Crippen molar-refractivity contribution in [2.24, 2.45) is 0 Å². The monoisotopic (exact) mass is 1020 g/mol. The molecule has 18 nitrogen and oxygen atoms in total. The predicted octanol–water partition coefficient (Wildman–Crippen LogP) is 7.38. The number of hydrogen-bond acceptors (Lipinski definition) is 16. The van der Waals surface area contributed by atoms with Crippen molar-refractivity contribution in [3.63, 3.8) is 0 Å². The van der Waals surface area contributed by atoms with Crippen molar-refractivity contribution in [2.75, 3.05) is 84.7 Å². The van der Waals surface area contributed by atoms with Crippen LogP contribution < -0.4 is 36.0 Å². The largest absolute Gasteiger partial charge is 0.367 e. The summed E-state index contributed by atoms with van der Waals surface area (Å²) in [5.74, 6) is 4.23. The first-order chi connectivity index (χ1) is 36.4. The second kappa shape index (κ2) is 22.5. The van der Waals surface area contributed by atoms with Crippen LogP contribution in [0.15, 0.2) is 61.2 Å². The lowest BCUT2D eigenvalue weighted by Crippen LogP contribution is -2.69. The number of amides is 2. The number of anilines is 7. The van der Waals surface area contributed by atoms with Crippen molar-refractivity contribution in [1.82, 2.24) is 55.2 Å². The predicted molar refractivity (Wildman–Crippen MR) is 300 cm³/mol. The summed E-state index contributed by atoms with van der Waals surface area (Å²) in [7, 11) is 2.20. The van der Waals surface area contributed by atoms with E-state index in [-0.39, 0.29) is 35.0 Å². The van der Waals surface area contributed by atoms with Crippen molar-refractivity contribution >= 4 is 64.8 Å². The van der Waals surface area contributed by atoms with Gasteiger partial charge in [0.2, 0.25) is 23.7 Å². The second-order valence-electron chi connectivity index (χ2n) is 22.2. The van der Waals surface area contributed by atoms with Crippen molar-refractivity contribution in [3.05, 3.63) is 77.9 Å². The topological polar surface area (TPSA) is 179 Å². The van der Waals surface area contributed by atoms with Crippen molar-refractivity contribution in [1.29, 1.82) is 0 Å². The number of piperazine rings is 4. The highest BCUT2D eigenvalue weighted by atomic mass is 16.2. The molecule has 10 heterocycles. The van der Waals surface area contributed by atoms with E-state index < -0.39 is 0 Å². The average Bonchev–Trinajstić information content (AvgIpc) is 3.44. The van der Waals surface area contributed by atoms with E-state index in [1.54, 1.807) is 0 Å². The number of pyridine rings is 2. The van der Waals surface area contributed by atoms with Gasteiger partial charge in [0.25, 0.3) is 0 Å². The standard InChI is InChI=1S/C28H38N8O.C27H36N8O.C2H6/c1-20(2)35-14-12-34(13-15-35)18-21-6-9-24(29-16-21)32-27-30-17-22-7-8-23-26(37)31-19-28(10-4-3-5-11-28)36(23)25(22)33-27;1-18-15-34(16-19(2)33(18)3)21-8-10-23(28-14-21)31-26-29-13-20-7-9-22-25(36)30-17-27(11-5-4-6-12-27)35(22)24(20)32-26;1-2/h6-9,16-17,20,23H,3-5,10-15,18-19H2,1-2H3,(H,31,37)(H,29,30,32,33);7-10,13-14,18-19,22H,4-6,11-12,15-17H2,1-3H3,(H,30,36)(H,28,29,31,32);1-2H3/t;18-,19+,22?;. The van der Waals surface area contributed by atoms with Gasteiger partial charge >= 0.3 is 0 Å². The molecule has 4 N–H and O–H groups in total. The van der Waals surface area contributed by atoms with Gasteiger partial charge in [-0.1, -0.05) is 82.7 Å². The van der Waals surface area contributed by atoms with E-state index in [9.17, 15) is 9.59 Å². The first kappa shape index (κ1) is 52.2. The lowest BCUT2D eigenvalue weighted by Gasteiger charge is -2.54. The molecule has 0 aromatic carbocycles. The minimum atomic E-state index is -0.321. The molecule has 2 saturated carbocycles. The minimum absolute atomic E-state index is 0.0472. The van der Waals surface area contributed by atoms with Gasteiger partial charge in [-0.2, -0.15) is 9.97 Å². The fourth-order valence-electron chi connectivity index (χ4n) is 12.7. The summed E-state index contributed by atoms with van der Waals surface area (Å²) in [6, 6.07) is 9.21. The molecule has 0 bridgehead atoms. The summed E-state index contributed by atoms with van der Waals surface area (Å²) in [5.41, 5.74) is 4.09. The Labute approximate surface area is 444 Å². The van der Waals surface area contributed by atoms with Gasteiger partial charge in [0.1, 0.15) is 35.4 Å². The first-order valence-corrected chi connectivity index (χ1v) is 28.1. The van der Waals surface area contributed by atoms with Gasteiger partial charge in [0, 0.05) is 107 Å². The first-order valence-electron chi connectivity index (χ1n) is 28.1. The van der Waals surface area contributed by atoms with Gasteiger partial charge in [0.05, 0.1) is 23.0 Å². The van der Waals surface area contributed by atoms with Crippen molar-refractivity contribution < 1.29 is 9.59 Å². The third-order valence-electron chi connectivity index (χ3n) is 17.2. The molecule has 2 amide bonds. The number of carbonyl (C=O) groups is 2.